The van der Waals surface area contributed by atoms with Gasteiger partial charge in [-0.1, -0.05) is 12.1 Å². The predicted molar refractivity (Wildman–Crippen MR) is 60.7 cm³/mol. The molecule has 0 spiro atoms. The Hall–Kier alpha value is -0.970. The molecule has 0 aromatic carbocycles. The summed E-state index contributed by atoms with van der Waals surface area (Å²) in [5, 5.41) is 5.14. The molecule has 0 bridgehead atoms. The van der Waals surface area contributed by atoms with Crippen LogP contribution in [0.1, 0.15) is 11.8 Å². The Morgan fingerprint density at radius 1 is 1.73 bits per heavy atom. The monoisotopic (exact) mass is 223 g/mol. The lowest BCUT2D eigenvalue weighted by Crippen LogP contribution is -2.42. The summed E-state index contributed by atoms with van der Waals surface area (Å²) in [6, 6.07) is 4.18. The molecule has 4 heteroatoms. The Bertz CT molecular complexity index is 361. The Morgan fingerprint density at radius 3 is 3.20 bits per heavy atom. The highest BCUT2D eigenvalue weighted by Gasteiger charge is 2.33. The first-order valence-electron chi connectivity index (χ1n) is 4.81. The maximum absolute atomic E-state index is 10.7. The minimum Gasteiger partial charge on any atom is -0.352 e. The van der Waals surface area contributed by atoms with Crippen LogP contribution in [-0.2, 0) is 9.53 Å². The van der Waals surface area contributed by atoms with Gasteiger partial charge in [-0.2, -0.15) is 0 Å². The van der Waals surface area contributed by atoms with Gasteiger partial charge in [-0.3, -0.25) is 10.1 Å². The molecule has 1 aliphatic rings. The van der Waals surface area contributed by atoms with Crippen LogP contribution in [0.2, 0.25) is 0 Å². The van der Waals surface area contributed by atoms with Crippen molar-refractivity contribution >= 4 is 23.7 Å². The fraction of sp³-hybridized carbons (Fsp3) is 0.364. The Morgan fingerprint density at radius 2 is 2.60 bits per heavy atom. The van der Waals surface area contributed by atoms with Gasteiger partial charge in [0.05, 0.1) is 12.6 Å². The van der Waals surface area contributed by atoms with Crippen LogP contribution in [0, 0.1) is 0 Å². The van der Waals surface area contributed by atoms with E-state index >= 15 is 0 Å². The molecule has 2 rings (SSSR count). The van der Waals surface area contributed by atoms with Crippen LogP contribution in [-0.4, -0.2) is 24.7 Å². The van der Waals surface area contributed by atoms with Crippen molar-refractivity contribution in [3.63, 3.8) is 0 Å². The van der Waals surface area contributed by atoms with Crippen LogP contribution < -0.4 is 5.32 Å². The molecule has 1 fully saturated rings. The standard InChI is InChI=1S/C11H13NO2S/c1-11(8-13)12-9(7-14-11)4-5-10-3-2-6-15-10/h2-6,8-9,12H,7H2,1H3/t9-,11?/m1/s1. The van der Waals surface area contributed by atoms with Gasteiger partial charge < -0.3 is 4.74 Å². The molecule has 0 amide bonds. The van der Waals surface area contributed by atoms with E-state index in [1.54, 1.807) is 18.3 Å². The maximum atomic E-state index is 10.7. The Balaban J connectivity index is 1.95. The molecule has 1 aromatic heterocycles. The fourth-order valence-corrected chi connectivity index (χ4v) is 2.11. The van der Waals surface area contributed by atoms with Gasteiger partial charge in [0.1, 0.15) is 0 Å². The lowest BCUT2D eigenvalue weighted by molar-refractivity contribution is -0.125. The van der Waals surface area contributed by atoms with E-state index in [0.29, 0.717) is 6.61 Å². The van der Waals surface area contributed by atoms with Crippen molar-refractivity contribution in [2.75, 3.05) is 6.61 Å². The Labute approximate surface area is 92.8 Å². The van der Waals surface area contributed by atoms with Crippen LogP contribution in [0.3, 0.4) is 0 Å². The first-order chi connectivity index (χ1) is 7.22. The summed E-state index contributed by atoms with van der Waals surface area (Å²) in [4.78, 5) is 11.9. The Kier molecular flexibility index (Phi) is 3.00. The number of rotatable bonds is 3. The topological polar surface area (TPSA) is 38.3 Å². The number of thiophene rings is 1. The lowest BCUT2D eigenvalue weighted by Gasteiger charge is -2.15. The van der Waals surface area contributed by atoms with E-state index < -0.39 is 5.72 Å². The third-order valence-electron chi connectivity index (χ3n) is 2.30. The summed E-state index contributed by atoms with van der Waals surface area (Å²) >= 11 is 1.69. The maximum Gasteiger partial charge on any atom is 0.173 e. The number of ether oxygens (including phenoxy) is 1. The summed E-state index contributed by atoms with van der Waals surface area (Å²) < 4.78 is 5.35. The van der Waals surface area contributed by atoms with Gasteiger partial charge in [0.15, 0.2) is 12.0 Å². The molecule has 15 heavy (non-hydrogen) atoms. The van der Waals surface area contributed by atoms with E-state index in [0.717, 1.165) is 6.29 Å². The molecule has 1 saturated heterocycles. The second-order valence-electron chi connectivity index (χ2n) is 3.66. The van der Waals surface area contributed by atoms with E-state index in [1.807, 2.05) is 23.6 Å². The molecular formula is C11H13NO2S. The zero-order valence-electron chi connectivity index (χ0n) is 8.47. The van der Waals surface area contributed by atoms with Crippen molar-refractivity contribution in [1.29, 1.82) is 0 Å². The summed E-state index contributed by atoms with van der Waals surface area (Å²) in [7, 11) is 0. The quantitative estimate of drug-likeness (QED) is 0.792. The summed E-state index contributed by atoms with van der Waals surface area (Å²) in [5.74, 6) is 0. The largest absolute Gasteiger partial charge is 0.352 e. The van der Waals surface area contributed by atoms with Gasteiger partial charge in [0.2, 0.25) is 0 Å². The summed E-state index contributed by atoms with van der Waals surface area (Å²) in [5.41, 5.74) is -0.815. The van der Waals surface area contributed by atoms with E-state index in [-0.39, 0.29) is 6.04 Å². The van der Waals surface area contributed by atoms with Gasteiger partial charge in [0.25, 0.3) is 0 Å². The third kappa shape index (κ3) is 2.53. The fourth-order valence-electron chi connectivity index (χ4n) is 1.48. The van der Waals surface area contributed by atoms with Crippen molar-refractivity contribution in [1.82, 2.24) is 5.32 Å². The van der Waals surface area contributed by atoms with Crippen molar-refractivity contribution in [3.8, 4) is 0 Å². The first-order valence-corrected chi connectivity index (χ1v) is 5.69. The molecule has 80 valence electrons. The molecular weight excluding hydrogens is 210 g/mol. The second-order valence-corrected chi connectivity index (χ2v) is 4.64. The molecule has 1 N–H and O–H groups in total. The number of hydrogen-bond acceptors (Lipinski definition) is 4. The second kappa shape index (κ2) is 4.26. The minimum absolute atomic E-state index is 0.113. The number of carbonyl (C=O) groups excluding carboxylic acids is 1. The summed E-state index contributed by atoms with van der Waals surface area (Å²) in [6.45, 7) is 2.27. The smallest absolute Gasteiger partial charge is 0.173 e. The highest BCUT2D eigenvalue weighted by atomic mass is 32.1. The minimum atomic E-state index is -0.815. The molecule has 1 aromatic rings. The van der Waals surface area contributed by atoms with Crippen LogP contribution in [0.5, 0.6) is 0 Å². The van der Waals surface area contributed by atoms with E-state index in [2.05, 4.69) is 11.4 Å². The highest BCUT2D eigenvalue weighted by molar-refractivity contribution is 7.10. The average molecular weight is 223 g/mol. The normalized spacial score (nSPS) is 31.1. The van der Waals surface area contributed by atoms with Crippen LogP contribution in [0.15, 0.2) is 23.6 Å². The first kappa shape index (κ1) is 10.5. The number of aldehydes is 1. The zero-order valence-corrected chi connectivity index (χ0v) is 9.29. The molecule has 0 radical (unpaired) electrons. The number of nitrogens with one attached hydrogen (secondary N) is 1. The van der Waals surface area contributed by atoms with Crippen molar-refractivity contribution in [3.05, 3.63) is 28.5 Å². The average Bonchev–Trinajstić information content (AvgIpc) is 2.85. The summed E-state index contributed by atoms with van der Waals surface area (Å²) in [6.07, 6.45) is 4.87. The molecule has 1 aliphatic heterocycles. The van der Waals surface area contributed by atoms with Gasteiger partial charge in [-0.05, 0) is 24.4 Å². The van der Waals surface area contributed by atoms with Crippen LogP contribution >= 0.6 is 11.3 Å². The van der Waals surface area contributed by atoms with Crippen LogP contribution in [0.4, 0.5) is 0 Å². The lowest BCUT2D eigenvalue weighted by atomic mass is 10.2. The molecule has 0 aliphatic carbocycles. The molecule has 2 heterocycles. The molecule has 2 atom stereocenters. The number of carbonyl (C=O) groups is 1. The van der Waals surface area contributed by atoms with Gasteiger partial charge in [-0.15, -0.1) is 11.3 Å². The van der Waals surface area contributed by atoms with Gasteiger partial charge in [0, 0.05) is 4.88 Å². The van der Waals surface area contributed by atoms with Crippen molar-refractivity contribution in [2.24, 2.45) is 0 Å². The predicted octanol–water partition coefficient (Wildman–Crippen LogP) is 1.66. The van der Waals surface area contributed by atoms with E-state index in [9.17, 15) is 4.79 Å². The van der Waals surface area contributed by atoms with Crippen molar-refractivity contribution < 1.29 is 9.53 Å². The van der Waals surface area contributed by atoms with Gasteiger partial charge >= 0.3 is 0 Å². The highest BCUT2D eigenvalue weighted by Crippen LogP contribution is 2.16. The van der Waals surface area contributed by atoms with Crippen LogP contribution in [0.25, 0.3) is 6.08 Å². The van der Waals surface area contributed by atoms with Gasteiger partial charge in [-0.25, -0.2) is 0 Å². The molecule has 0 saturated carbocycles. The number of hydrogen-bond donors (Lipinski definition) is 1. The third-order valence-corrected chi connectivity index (χ3v) is 3.13. The van der Waals surface area contributed by atoms with Crippen molar-refractivity contribution in [2.45, 2.75) is 18.7 Å². The van der Waals surface area contributed by atoms with E-state index in [1.165, 1.54) is 4.88 Å². The SMILES string of the molecule is CC1(C=O)N[C@H](C=Cc2cccs2)CO1. The van der Waals surface area contributed by atoms with E-state index in [4.69, 9.17) is 4.74 Å². The molecule has 3 nitrogen and oxygen atoms in total. The molecule has 1 unspecified atom stereocenters. The zero-order chi connectivity index (χ0) is 10.7.